The van der Waals surface area contributed by atoms with Crippen LogP contribution in [0.1, 0.15) is 37.6 Å². The molecule has 1 rings (SSSR count). The fourth-order valence-electron chi connectivity index (χ4n) is 1.76. The number of nitrogens with one attached hydrogen (secondary N) is 4. The largest absolute Gasteiger partial charge is 0.361 e. The topological polar surface area (TPSA) is 99.3 Å². The first-order chi connectivity index (χ1) is 11.3. The molecule has 0 aliphatic carbocycles. The average molecular weight is 373 g/mol. The maximum atomic E-state index is 12.0. The van der Waals surface area contributed by atoms with Gasteiger partial charge in [-0.1, -0.05) is 20.8 Å². The summed E-state index contributed by atoms with van der Waals surface area (Å²) in [5, 5.41) is 3.31. The van der Waals surface area contributed by atoms with E-state index in [2.05, 4.69) is 34.7 Å². The predicted molar refractivity (Wildman–Crippen MR) is 98.0 cm³/mol. The normalized spacial score (nSPS) is 11.2. The Bertz CT molecular complexity index is 658. The summed E-state index contributed by atoms with van der Waals surface area (Å²) < 4.78 is 26.0. The lowest BCUT2D eigenvalue weighted by atomic mass is 10.1. The lowest BCUT2D eigenvalue weighted by Crippen LogP contribution is -2.47. The van der Waals surface area contributed by atoms with E-state index in [1.54, 1.807) is 6.92 Å². The number of amides is 1. The number of carbonyl (C=O) groups is 1. The quantitative estimate of drug-likeness (QED) is 0.423. The number of benzene rings is 1. The summed E-state index contributed by atoms with van der Waals surface area (Å²) in [4.78, 5) is 12.1. The molecule has 1 aromatic rings. The third-order valence-electron chi connectivity index (χ3n) is 3.06. The first kappa shape index (κ1) is 20.3. The smallest absolute Gasteiger partial charge is 0.269 e. The fourth-order valence-corrected chi connectivity index (χ4v) is 2.96. The highest BCUT2D eigenvalue weighted by molar-refractivity contribution is 7.89. The van der Waals surface area contributed by atoms with Gasteiger partial charge in [0.05, 0.1) is 4.90 Å². The van der Waals surface area contributed by atoms with Gasteiger partial charge in [0.2, 0.25) is 10.0 Å². The van der Waals surface area contributed by atoms with Crippen molar-refractivity contribution in [1.29, 1.82) is 0 Å². The predicted octanol–water partition coefficient (Wildman–Crippen LogP) is 1.14. The Hall–Kier alpha value is -1.71. The molecular formula is C15H24N4O3S2. The minimum atomic E-state index is -3.52. The number of hydrogen-bond donors (Lipinski definition) is 4. The molecule has 134 valence electrons. The average Bonchev–Trinajstić information content (AvgIpc) is 2.52. The number of sulfonamides is 1. The number of carbonyl (C=O) groups excluding carboxylic acids is 1. The number of thiocarbonyl (C=S) groups is 1. The molecule has 0 aliphatic heterocycles. The van der Waals surface area contributed by atoms with Crippen molar-refractivity contribution in [3.8, 4) is 0 Å². The highest BCUT2D eigenvalue weighted by Crippen LogP contribution is 2.10. The van der Waals surface area contributed by atoms with E-state index in [-0.39, 0.29) is 4.90 Å². The number of rotatable bonds is 7. The van der Waals surface area contributed by atoms with E-state index in [1.165, 1.54) is 24.3 Å². The molecule has 0 aliphatic rings. The first-order valence-corrected chi connectivity index (χ1v) is 9.59. The Labute approximate surface area is 148 Å². The van der Waals surface area contributed by atoms with Gasteiger partial charge in [-0.25, -0.2) is 13.1 Å². The van der Waals surface area contributed by atoms with Gasteiger partial charge in [0.15, 0.2) is 5.11 Å². The van der Waals surface area contributed by atoms with E-state index in [9.17, 15) is 13.2 Å². The third-order valence-corrected chi connectivity index (χ3v) is 4.87. The van der Waals surface area contributed by atoms with Crippen LogP contribution in [0.3, 0.4) is 0 Å². The Balaban J connectivity index is 2.53. The second-order valence-electron chi connectivity index (χ2n) is 5.54. The van der Waals surface area contributed by atoms with Crippen molar-refractivity contribution in [1.82, 2.24) is 20.9 Å². The molecule has 7 nitrogen and oxygen atoms in total. The molecule has 0 fully saturated rings. The maximum absolute atomic E-state index is 12.0. The molecule has 0 bridgehead atoms. The zero-order valence-electron chi connectivity index (χ0n) is 14.0. The summed E-state index contributed by atoms with van der Waals surface area (Å²) in [5.74, 6) is 0.155. The van der Waals surface area contributed by atoms with Crippen LogP contribution in [0.2, 0.25) is 0 Å². The summed E-state index contributed by atoms with van der Waals surface area (Å²) in [6.45, 7) is 6.94. The van der Waals surface area contributed by atoms with E-state index in [4.69, 9.17) is 12.2 Å². The third kappa shape index (κ3) is 6.81. The van der Waals surface area contributed by atoms with Gasteiger partial charge in [-0.15, -0.1) is 0 Å². The lowest BCUT2D eigenvalue weighted by molar-refractivity contribution is 0.0943. The van der Waals surface area contributed by atoms with Gasteiger partial charge in [-0.2, -0.15) is 0 Å². The van der Waals surface area contributed by atoms with Gasteiger partial charge in [0.25, 0.3) is 5.91 Å². The standard InChI is InChI=1S/C15H24N4O3S2/c1-4-17-24(21,22)13-7-5-12(6-8-13)14(20)18-19-15(23)16-10-9-11(2)3/h5-8,11,17H,4,9-10H2,1-3H3,(H,18,20)(H2,16,19,23). The second-order valence-corrected chi connectivity index (χ2v) is 7.72. The van der Waals surface area contributed by atoms with Gasteiger partial charge in [-0.05, 0) is 48.8 Å². The molecule has 0 aromatic heterocycles. The molecule has 1 aromatic carbocycles. The molecule has 0 heterocycles. The van der Waals surface area contributed by atoms with Gasteiger partial charge >= 0.3 is 0 Å². The summed E-state index contributed by atoms with van der Waals surface area (Å²) in [6.07, 6.45) is 0.970. The molecule has 0 spiro atoms. The Kier molecular flexibility index (Phi) is 8.09. The van der Waals surface area contributed by atoms with E-state index >= 15 is 0 Å². The summed E-state index contributed by atoms with van der Waals surface area (Å²) in [5.41, 5.74) is 5.39. The van der Waals surface area contributed by atoms with Crippen LogP contribution in [0.5, 0.6) is 0 Å². The van der Waals surface area contributed by atoms with E-state index in [0.29, 0.717) is 23.1 Å². The summed E-state index contributed by atoms with van der Waals surface area (Å²) >= 11 is 5.05. The van der Waals surface area contributed by atoms with Crippen molar-refractivity contribution in [2.24, 2.45) is 5.92 Å². The molecular weight excluding hydrogens is 348 g/mol. The highest BCUT2D eigenvalue weighted by atomic mass is 32.2. The molecule has 0 atom stereocenters. The summed E-state index contributed by atoms with van der Waals surface area (Å²) in [7, 11) is -3.52. The van der Waals surface area contributed by atoms with Crippen LogP contribution in [0.25, 0.3) is 0 Å². The SMILES string of the molecule is CCNS(=O)(=O)c1ccc(C(=O)NNC(=S)NCCC(C)C)cc1. The highest BCUT2D eigenvalue weighted by Gasteiger charge is 2.13. The van der Waals surface area contributed by atoms with Crippen LogP contribution >= 0.6 is 12.2 Å². The zero-order chi connectivity index (χ0) is 18.2. The van der Waals surface area contributed by atoms with Crippen molar-refractivity contribution in [2.75, 3.05) is 13.1 Å². The van der Waals surface area contributed by atoms with Crippen LogP contribution in [0.15, 0.2) is 29.2 Å². The van der Waals surface area contributed by atoms with Crippen molar-refractivity contribution in [2.45, 2.75) is 32.1 Å². The molecule has 0 saturated carbocycles. The van der Waals surface area contributed by atoms with Crippen molar-refractivity contribution in [3.05, 3.63) is 29.8 Å². The molecule has 9 heteroatoms. The number of hydrogen-bond acceptors (Lipinski definition) is 4. The van der Waals surface area contributed by atoms with Crippen molar-refractivity contribution in [3.63, 3.8) is 0 Å². The van der Waals surface area contributed by atoms with Gasteiger partial charge in [0, 0.05) is 18.7 Å². The monoisotopic (exact) mass is 372 g/mol. The van der Waals surface area contributed by atoms with Gasteiger partial charge in [-0.3, -0.25) is 15.6 Å². The molecule has 1 amide bonds. The molecule has 4 N–H and O–H groups in total. The van der Waals surface area contributed by atoms with Crippen molar-refractivity contribution >= 4 is 33.3 Å². The molecule has 0 radical (unpaired) electrons. The van der Waals surface area contributed by atoms with Gasteiger partial charge in [0.1, 0.15) is 0 Å². The molecule has 24 heavy (non-hydrogen) atoms. The minimum absolute atomic E-state index is 0.111. The van der Waals surface area contributed by atoms with Crippen LogP contribution in [-0.2, 0) is 10.0 Å². The van der Waals surface area contributed by atoms with Crippen LogP contribution in [-0.4, -0.2) is 32.5 Å². The lowest BCUT2D eigenvalue weighted by Gasteiger charge is -2.12. The van der Waals surface area contributed by atoms with E-state index in [1.807, 2.05) is 0 Å². The fraction of sp³-hybridized carbons (Fsp3) is 0.467. The number of hydrazine groups is 1. The Morgan fingerprint density at radius 3 is 2.33 bits per heavy atom. The molecule has 0 unspecified atom stereocenters. The van der Waals surface area contributed by atoms with Crippen LogP contribution in [0, 0.1) is 5.92 Å². The van der Waals surface area contributed by atoms with Crippen LogP contribution < -0.4 is 20.9 Å². The Morgan fingerprint density at radius 1 is 1.17 bits per heavy atom. The zero-order valence-corrected chi connectivity index (χ0v) is 15.7. The Morgan fingerprint density at radius 2 is 1.79 bits per heavy atom. The van der Waals surface area contributed by atoms with Gasteiger partial charge < -0.3 is 5.32 Å². The van der Waals surface area contributed by atoms with Crippen LogP contribution in [0.4, 0.5) is 0 Å². The maximum Gasteiger partial charge on any atom is 0.269 e. The van der Waals surface area contributed by atoms with E-state index < -0.39 is 15.9 Å². The summed E-state index contributed by atoms with van der Waals surface area (Å²) in [6, 6.07) is 5.64. The first-order valence-electron chi connectivity index (χ1n) is 7.70. The second kappa shape index (κ2) is 9.55. The van der Waals surface area contributed by atoms with E-state index in [0.717, 1.165) is 13.0 Å². The van der Waals surface area contributed by atoms with Crippen molar-refractivity contribution < 1.29 is 13.2 Å². The molecule has 0 saturated heterocycles. The minimum Gasteiger partial charge on any atom is -0.361 e.